The van der Waals surface area contributed by atoms with Crippen molar-refractivity contribution in [3.8, 4) is 0 Å². The fraction of sp³-hybridized carbons (Fsp3) is 0.529. The van der Waals surface area contributed by atoms with Crippen LogP contribution in [-0.4, -0.2) is 36.3 Å². The van der Waals surface area contributed by atoms with Crippen LogP contribution in [0.5, 0.6) is 0 Å². The Hall–Kier alpha value is -1.84. The number of nitrogens with one attached hydrogen (secondary N) is 1. The maximum Gasteiger partial charge on any atom is 0.230 e. The van der Waals surface area contributed by atoms with Gasteiger partial charge in [-0.2, -0.15) is 0 Å². The van der Waals surface area contributed by atoms with E-state index in [1.165, 1.54) is 0 Å². The van der Waals surface area contributed by atoms with Crippen molar-refractivity contribution in [3.63, 3.8) is 0 Å². The van der Waals surface area contributed by atoms with Gasteiger partial charge in [-0.05, 0) is 31.2 Å². The maximum absolute atomic E-state index is 12.4. The topological polar surface area (TPSA) is 49.4 Å². The van der Waals surface area contributed by atoms with Gasteiger partial charge in [0.2, 0.25) is 11.8 Å². The molecule has 1 aliphatic carbocycles. The van der Waals surface area contributed by atoms with Crippen molar-refractivity contribution in [2.24, 2.45) is 0 Å². The Kier molecular flexibility index (Phi) is 3.95. The van der Waals surface area contributed by atoms with Crippen molar-refractivity contribution in [2.75, 3.05) is 19.6 Å². The van der Waals surface area contributed by atoms with Crippen LogP contribution in [0.2, 0.25) is 0 Å². The smallest absolute Gasteiger partial charge is 0.230 e. The van der Waals surface area contributed by atoms with E-state index in [0.29, 0.717) is 13.0 Å². The van der Waals surface area contributed by atoms with Gasteiger partial charge in [0.1, 0.15) is 0 Å². The van der Waals surface area contributed by atoms with Gasteiger partial charge in [-0.3, -0.25) is 9.59 Å². The van der Waals surface area contributed by atoms with E-state index in [0.717, 1.165) is 44.3 Å². The molecule has 0 aromatic heterocycles. The number of hydrogen-bond donors (Lipinski definition) is 1. The van der Waals surface area contributed by atoms with Gasteiger partial charge < -0.3 is 10.2 Å². The Balaban J connectivity index is 1.49. The lowest BCUT2D eigenvalue weighted by atomic mass is 9.95. The van der Waals surface area contributed by atoms with Crippen LogP contribution in [0.25, 0.3) is 0 Å². The fourth-order valence-electron chi connectivity index (χ4n) is 3.11. The third-order valence-corrected chi connectivity index (χ3v) is 4.59. The molecule has 21 heavy (non-hydrogen) atoms. The summed E-state index contributed by atoms with van der Waals surface area (Å²) < 4.78 is 0. The van der Waals surface area contributed by atoms with Gasteiger partial charge in [0.05, 0.1) is 5.41 Å². The summed E-state index contributed by atoms with van der Waals surface area (Å²) in [7, 11) is 0. The molecule has 4 heteroatoms. The first kappa shape index (κ1) is 14.1. The van der Waals surface area contributed by atoms with Gasteiger partial charge in [-0.1, -0.05) is 30.3 Å². The van der Waals surface area contributed by atoms with E-state index in [9.17, 15) is 9.59 Å². The molecule has 2 aliphatic rings. The molecule has 1 N–H and O–H groups in total. The average molecular weight is 286 g/mol. The molecule has 1 saturated heterocycles. The normalized spacial score (nSPS) is 19.3. The van der Waals surface area contributed by atoms with Crippen LogP contribution in [0.15, 0.2) is 30.3 Å². The molecule has 4 nitrogen and oxygen atoms in total. The summed E-state index contributed by atoms with van der Waals surface area (Å²) in [6.45, 7) is 2.20. The average Bonchev–Trinajstić information content (AvgIpc) is 3.15. The Morgan fingerprint density at radius 2 is 1.76 bits per heavy atom. The second-order valence-electron chi connectivity index (χ2n) is 6.04. The van der Waals surface area contributed by atoms with Crippen molar-refractivity contribution < 1.29 is 9.59 Å². The second kappa shape index (κ2) is 5.88. The predicted octanol–water partition coefficient (Wildman–Crippen LogP) is 1.85. The minimum Gasteiger partial charge on any atom is -0.355 e. The van der Waals surface area contributed by atoms with Gasteiger partial charge in [0.25, 0.3) is 0 Å². The first-order valence-corrected chi connectivity index (χ1v) is 7.84. The summed E-state index contributed by atoms with van der Waals surface area (Å²) in [6.07, 6.45) is 4.44. The van der Waals surface area contributed by atoms with Crippen molar-refractivity contribution >= 4 is 11.8 Å². The fourth-order valence-corrected chi connectivity index (χ4v) is 3.11. The third-order valence-electron chi connectivity index (χ3n) is 4.59. The lowest BCUT2D eigenvalue weighted by molar-refractivity contribution is -0.130. The molecule has 1 aromatic carbocycles. The Morgan fingerprint density at radius 1 is 1.10 bits per heavy atom. The molecular weight excluding hydrogens is 264 g/mol. The Bertz CT molecular complexity index is 517. The molecule has 0 radical (unpaired) electrons. The molecule has 3 rings (SSSR count). The highest BCUT2D eigenvalue weighted by atomic mass is 16.2. The first-order valence-electron chi connectivity index (χ1n) is 7.84. The number of likely N-dealkylation sites (tertiary alicyclic amines) is 1. The molecule has 2 fully saturated rings. The minimum absolute atomic E-state index is 0.0721. The molecule has 112 valence electrons. The number of nitrogens with zero attached hydrogens (tertiary/aromatic N) is 1. The van der Waals surface area contributed by atoms with Gasteiger partial charge in [-0.25, -0.2) is 0 Å². The molecular formula is C17H22N2O2. The molecule has 2 amide bonds. The number of amides is 2. The van der Waals surface area contributed by atoms with Crippen LogP contribution in [0.3, 0.4) is 0 Å². The minimum atomic E-state index is -0.335. The summed E-state index contributed by atoms with van der Waals surface area (Å²) >= 11 is 0. The molecule has 0 spiro atoms. The van der Waals surface area contributed by atoms with Crippen molar-refractivity contribution in [1.82, 2.24) is 10.2 Å². The standard InChI is InChI=1S/C17H22N2O2/c20-15(19-12-4-5-13-19)8-11-18-16(21)17(9-10-17)14-6-2-1-3-7-14/h1-3,6-7H,4-5,8-13H2,(H,18,21). The number of hydrogen-bond acceptors (Lipinski definition) is 2. The van der Waals surface area contributed by atoms with Crippen molar-refractivity contribution in [3.05, 3.63) is 35.9 Å². The molecule has 0 bridgehead atoms. The highest BCUT2D eigenvalue weighted by molar-refractivity contribution is 5.91. The first-order chi connectivity index (χ1) is 10.2. The van der Waals surface area contributed by atoms with Crippen LogP contribution in [0, 0.1) is 0 Å². The summed E-state index contributed by atoms with van der Waals surface area (Å²) in [6, 6.07) is 9.94. The van der Waals surface area contributed by atoms with E-state index < -0.39 is 0 Å². The zero-order valence-corrected chi connectivity index (χ0v) is 12.3. The summed E-state index contributed by atoms with van der Waals surface area (Å²) in [4.78, 5) is 26.2. The second-order valence-corrected chi connectivity index (χ2v) is 6.04. The zero-order valence-electron chi connectivity index (χ0n) is 12.3. The van der Waals surface area contributed by atoms with E-state index in [1.54, 1.807) is 0 Å². The van der Waals surface area contributed by atoms with Gasteiger partial charge >= 0.3 is 0 Å². The SMILES string of the molecule is O=C(CCNC(=O)C1(c2ccccc2)CC1)N1CCCC1. The van der Waals surface area contributed by atoms with Crippen LogP contribution >= 0.6 is 0 Å². The summed E-state index contributed by atoms with van der Waals surface area (Å²) in [5, 5.41) is 2.95. The lowest BCUT2D eigenvalue weighted by Crippen LogP contribution is -2.37. The number of carbonyl (C=O) groups excluding carboxylic acids is 2. The van der Waals surface area contributed by atoms with E-state index >= 15 is 0 Å². The van der Waals surface area contributed by atoms with Gasteiger partial charge in [-0.15, -0.1) is 0 Å². The van der Waals surface area contributed by atoms with Gasteiger partial charge in [0, 0.05) is 26.1 Å². The van der Waals surface area contributed by atoms with E-state index in [-0.39, 0.29) is 17.2 Å². The largest absolute Gasteiger partial charge is 0.355 e. The van der Waals surface area contributed by atoms with Crippen LogP contribution < -0.4 is 5.32 Å². The predicted molar refractivity (Wildman–Crippen MR) is 80.8 cm³/mol. The Labute approximate surface area is 125 Å². The highest BCUT2D eigenvalue weighted by Gasteiger charge is 2.50. The van der Waals surface area contributed by atoms with Crippen LogP contribution in [0.4, 0.5) is 0 Å². The van der Waals surface area contributed by atoms with Crippen LogP contribution in [-0.2, 0) is 15.0 Å². The molecule has 1 saturated carbocycles. The molecule has 1 aliphatic heterocycles. The number of carbonyl (C=O) groups is 2. The molecule has 0 unspecified atom stereocenters. The lowest BCUT2D eigenvalue weighted by Gasteiger charge is -2.17. The zero-order chi connectivity index (χ0) is 14.7. The Morgan fingerprint density at radius 3 is 2.38 bits per heavy atom. The molecule has 1 aromatic rings. The van der Waals surface area contributed by atoms with Crippen LogP contribution in [0.1, 0.15) is 37.7 Å². The van der Waals surface area contributed by atoms with Gasteiger partial charge in [0.15, 0.2) is 0 Å². The number of benzene rings is 1. The summed E-state index contributed by atoms with van der Waals surface area (Å²) in [5.41, 5.74) is 0.756. The molecule has 1 heterocycles. The molecule has 0 atom stereocenters. The van der Waals surface area contributed by atoms with Crippen molar-refractivity contribution in [2.45, 2.75) is 37.5 Å². The summed E-state index contributed by atoms with van der Waals surface area (Å²) in [5.74, 6) is 0.236. The highest BCUT2D eigenvalue weighted by Crippen LogP contribution is 2.48. The van der Waals surface area contributed by atoms with E-state index in [4.69, 9.17) is 0 Å². The monoisotopic (exact) mass is 286 g/mol. The maximum atomic E-state index is 12.4. The van der Waals surface area contributed by atoms with Crippen molar-refractivity contribution in [1.29, 1.82) is 0 Å². The number of rotatable bonds is 5. The third kappa shape index (κ3) is 2.94. The van der Waals surface area contributed by atoms with E-state index in [2.05, 4.69) is 5.32 Å². The quantitative estimate of drug-likeness (QED) is 0.898. The van der Waals surface area contributed by atoms with E-state index in [1.807, 2.05) is 35.2 Å².